The Kier molecular flexibility index (Phi) is 2.52. The fourth-order valence-electron chi connectivity index (χ4n) is 1.92. The van der Waals surface area contributed by atoms with E-state index in [0.717, 1.165) is 15.8 Å². The van der Waals surface area contributed by atoms with E-state index in [1.807, 2.05) is 33.1 Å². The summed E-state index contributed by atoms with van der Waals surface area (Å²) >= 11 is 1.57. The Balaban J connectivity index is 2.03. The van der Waals surface area contributed by atoms with E-state index in [-0.39, 0.29) is 18.3 Å². The van der Waals surface area contributed by atoms with Crippen LogP contribution in [0.5, 0.6) is 0 Å². The molecule has 1 fully saturated rings. The second kappa shape index (κ2) is 3.76. The number of nitrogens with zero attached hydrogens (tertiary/aromatic N) is 2. The molecule has 3 rings (SSSR count). The van der Waals surface area contributed by atoms with Gasteiger partial charge in [-0.05, 0) is 33.1 Å². The first kappa shape index (κ1) is 12.1. The zero-order valence-corrected chi connectivity index (χ0v) is 11.7. The molecule has 0 saturated carbocycles. The van der Waals surface area contributed by atoms with Gasteiger partial charge in [0, 0.05) is 17.9 Å². The molecule has 18 heavy (non-hydrogen) atoms. The summed E-state index contributed by atoms with van der Waals surface area (Å²) in [6.07, 6.45) is 3.40. The van der Waals surface area contributed by atoms with Crippen molar-refractivity contribution < 1.29 is 9.31 Å². The summed E-state index contributed by atoms with van der Waals surface area (Å²) in [6.45, 7) is 8.20. The molecule has 1 saturated heterocycles. The van der Waals surface area contributed by atoms with Crippen LogP contribution in [0.2, 0.25) is 0 Å². The van der Waals surface area contributed by atoms with Crippen molar-refractivity contribution in [3.05, 3.63) is 17.8 Å². The summed E-state index contributed by atoms with van der Waals surface area (Å²) in [4.78, 5) is 9.58. The molecule has 4 nitrogen and oxygen atoms in total. The highest BCUT2D eigenvalue weighted by Crippen LogP contribution is 2.37. The number of thiophene rings is 1. The average Bonchev–Trinajstić information content (AvgIpc) is 2.78. The minimum Gasteiger partial charge on any atom is -0.399 e. The maximum atomic E-state index is 6.03. The molecular formula is C12H15BN2O2S. The molecule has 2 aromatic heterocycles. The topological polar surface area (TPSA) is 44.2 Å². The fourth-order valence-corrected chi connectivity index (χ4v) is 2.79. The monoisotopic (exact) mass is 262 g/mol. The van der Waals surface area contributed by atoms with Crippen molar-refractivity contribution in [2.24, 2.45) is 0 Å². The van der Waals surface area contributed by atoms with E-state index in [9.17, 15) is 0 Å². The Bertz CT molecular complexity index is 581. The normalized spacial score (nSPS) is 21.7. The second-order valence-electron chi connectivity index (χ2n) is 5.49. The smallest absolute Gasteiger partial charge is 0.399 e. The van der Waals surface area contributed by atoms with Crippen LogP contribution in [0.15, 0.2) is 17.8 Å². The summed E-state index contributed by atoms with van der Waals surface area (Å²) in [5.41, 5.74) is 1.20. The molecule has 0 N–H and O–H groups in total. The first-order valence-electron chi connectivity index (χ1n) is 5.94. The number of fused-ring (bicyclic) bond motifs is 1. The quantitative estimate of drug-likeness (QED) is 0.737. The van der Waals surface area contributed by atoms with Gasteiger partial charge in [0.05, 0.1) is 16.7 Å². The lowest BCUT2D eigenvalue weighted by molar-refractivity contribution is 0.00578. The molecule has 6 heteroatoms. The third kappa shape index (κ3) is 1.67. The first-order chi connectivity index (χ1) is 8.41. The summed E-state index contributed by atoms with van der Waals surface area (Å²) in [5, 5.41) is 2.02. The lowest BCUT2D eigenvalue weighted by atomic mass is 9.80. The molecule has 0 spiro atoms. The standard InChI is InChI=1S/C12H15BN2O2S/c1-11(2)12(3,4)17-13(16-11)8-7-18-10-9(8)14-5-6-15-10/h5-7H,1-4H3. The highest BCUT2D eigenvalue weighted by molar-refractivity contribution is 7.18. The van der Waals surface area contributed by atoms with Crippen LogP contribution in [0, 0.1) is 0 Å². The zero-order valence-electron chi connectivity index (χ0n) is 10.9. The molecule has 0 aliphatic carbocycles. The summed E-state index contributed by atoms with van der Waals surface area (Å²) in [6, 6.07) is 0. The Morgan fingerprint density at radius 1 is 1.06 bits per heavy atom. The van der Waals surface area contributed by atoms with E-state index in [0.29, 0.717) is 0 Å². The van der Waals surface area contributed by atoms with Crippen molar-refractivity contribution in [3.63, 3.8) is 0 Å². The predicted molar refractivity (Wildman–Crippen MR) is 73.1 cm³/mol. The zero-order chi connectivity index (χ0) is 13.0. The van der Waals surface area contributed by atoms with Crippen LogP contribution in [-0.2, 0) is 9.31 Å². The molecule has 0 atom stereocenters. The highest BCUT2D eigenvalue weighted by atomic mass is 32.1. The molecule has 0 radical (unpaired) electrons. The van der Waals surface area contributed by atoms with Crippen LogP contribution in [0.4, 0.5) is 0 Å². The van der Waals surface area contributed by atoms with Gasteiger partial charge in [0.25, 0.3) is 0 Å². The van der Waals surface area contributed by atoms with Gasteiger partial charge in [-0.25, -0.2) is 4.98 Å². The van der Waals surface area contributed by atoms with Crippen molar-refractivity contribution in [1.82, 2.24) is 9.97 Å². The fraction of sp³-hybridized carbons (Fsp3) is 0.500. The van der Waals surface area contributed by atoms with Crippen molar-refractivity contribution >= 4 is 34.3 Å². The molecular weight excluding hydrogens is 247 g/mol. The number of aromatic nitrogens is 2. The number of rotatable bonds is 1. The van der Waals surface area contributed by atoms with E-state index < -0.39 is 0 Å². The van der Waals surface area contributed by atoms with Gasteiger partial charge >= 0.3 is 7.12 Å². The Hall–Kier alpha value is -0.975. The van der Waals surface area contributed by atoms with E-state index in [1.165, 1.54) is 0 Å². The lowest BCUT2D eigenvalue weighted by Gasteiger charge is -2.32. The molecule has 94 valence electrons. The third-order valence-electron chi connectivity index (χ3n) is 3.74. The van der Waals surface area contributed by atoms with Crippen molar-refractivity contribution in [3.8, 4) is 0 Å². The SMILES string of the molecule is CC1(C)OB(c2csc3nccnc23)OC1(C)C. The van der Waals surface area contributed by atoms with Gasteiger partial charge in [-0.15, -0.1) is 11.3 Å². The van der Waals surface area contributed by atoms with Gasteiger partial charge < -0.3 is 9.31 Å². The molecule has 0 aromatic carbocycles. The summed E-state index contributed by atoms with van der Waals surface area (Å²) in [5.74, 6) is 0. The van der Waals surface area contributed by atoms with Crippen LogP contribution >= 0.6 is 11.3 Å². The van der Waals surface area contributed by atoms with Crippen LogP contribution < -0.4 is 5.46 Å². The third-order valence-corrected chi connectivity index (χ3v) is 4.64. The average molecular weight is 262 g/mol. The van der Waals surface area contributed by atoms with Gasteiger partial charge in [-0.3, -0.25) is 4.98 Å². The molecule has 0 amide bonds. The van der Waals surface area contributed by atoms with Crippen LogP contribution in [-0.4, -0.2) is 28.3 Å². The van der Waals surface area contributed by atoms with Crippen molar-refractivity contribution in [1.29, 1.82) is 0 Å². The maximum absolute atomic E-state index is 6.03. The molecule has 0 bridgehead atoms. The van der Waals surface area contributed by atoms with E-state index in [2.05, 4.69) is 9.97 Å². The van der Waals surface area contributed by atoms with Gasteiger partial charge in [0.1, 0.15) is 4.83 Å². The summed E-state index contributed by atoms with van der Waals surface area (Å²) < 4.78 is 12.1. The van der Waals surface area contributed by atoms with Crippen LogP contribution in [0.3, 0.4) is 0 Å². The Morgan fingerprint density at radius 2 is 1.67 bits per heavy atom. The van der Waals surface area contributed by atoms with E-state index in [4.69, 9.17) is 9.31 Å². The minimum absolute atomic E-state index is 0.325. The van der Waals surface area contributed by atoms with Gasteiger partial charge in [0.2, 0.25) is 0 Å². The summed E-state index contributed by atoms with van der Waals surface area (Å²) in [7, 11) is -0.361. The second-order valence-corrected chi connectivity index (χ2v) is 6.35. The van der Waals surface area contributed by atoms with E-state index >= 15 is 0 Å². The maximum Gasteiger partial charge on any atom is 0.498 e. The van der Waals surface area contributed by atoms with Gasteiger partial charge in [-0.2, -0.15) is 0 Å². The van der Waals surface area contributed by atoms with Crippen molar-refractivity contribution in [2.45, 2.75) is 38.9 Å². The van der Waals surface area contributed by atoms with E-state index in [1.54, 1.807) is 23.7 Å². The Labute approximate surface area is 110 Å². The molecule has 3 heterocycles. The number of hydrogen-bond donors (Lipinski definition) is 0. The van der Waals surface area contributed by atoms with Crippen LogP contribution in [0.1, 0.15) is 27.7 Å². The van der Waals surface area contributed by atoms with Gasteiger partial charge in [-0.1, -0.05) is 0 Å². The molecule has 0 unspecified atom stereocenters. The highest BCUT2D eigenvalue weighted by Gasteiger charge is 2.52. The molecule has 1 aliphatic rings. The molecule has 1 aliphatic heterocycles. The lowest BCUT2D eigenvalue weighted by Crippen LogP contribution is -2.41. The van der Waals surface area contributed by atoms with Gasteiger partial charge in [0.15, 0.2) is 0 Å². The Morgan fingerprint density at radius 3 is 2.33 bits per heavy atom. The van der Waals surface area contributed by atoms with Crippen molar-refractivity contribution in [2.75, 3.05) is 0 Å². The predicted octanol–water partition coefficient (Wildman–Crippen LogP) is 1.99. The first-order valence-corrected chi connectivity index (χ1v) is 6.82. The number of hydrogen-bond acceptors (Lipinski definition) is 5. The molecule has 2 aromatic rings. The van der Waals surface area contributed by atoms with Crippen LogP contribution in [0.25, 0.3) is 10.3 Å². The largest absolute Gasteiger partial charge is 0.498 e. The minimum atomic E-state index is -0.361.